The van der Waals surface area contributed by atoms with Crippen molar-refractivity contribution in [2.24, 2.45) is 0 Å². The first-order valence-electron chi connectivity index (χ1n) is 6.92. The summed E-state index contributed by atoms with van der Waals surface area (Å²) < 4.78 is 7.14. The van der Waals surface area contributed by atoms with Crippen LogP contribution in [0.5, 0.6) is 11.5 Å². The lowest BCUT2D eigenvalue weighted by molar-refractivity contribution is 0.369. The Kier molecular flexibility index (Phi) is 5.90. The molecule has 0 saturated carbocycles. The van der Waals surface area contributed by atoms with Gasteiger partial charge in [-0.15, -0.1) is 0 Å². The second-order valence-electron chi connectivity index (χ2n) is 4.80. The normalized spacial score (nSPS) is 10.8. The molecular formula is C15H20ClN3O2. The summed E-state index contributed by atoms with van der Waals surface area (Å²) in [5, 5.41) is 13.9. The number of unbranched alkanes of at least 4 members (excludes halogenated alkanes) is 1. The average molecular weight is 310 g/mol. The first-order valence-corrected chi connectivity index (χ1v) is 7.30. The minimum atomic E-state index is 0.146. The summed E-state index contributed by atoms with van der Waals surface area (Å²) in [7, 11) is 1.51. The van der Waals surface area contributed by atoms with Crippen molar-refractivity contribution in [2.75, 3.05) is 13.7 Å². The zero-order valence-corrected chi connectivity index (χ0v) is 12.8. The molecule has 0 radical (unpaired) electrons. The fourth-order valence-corrected chi connectivity index (χ4v) is 2.34. The number of hydrogen-bond acceptors (Lipinski definition) is 4. The maximum Gasteiger partial charge on any atom is 0.162 e. The predicted octanol–water partition coefficient (Wildman–Crippen LogP) is 2.82. The van der Waals surface area contributed by atoms with Gasteiger partial charge in [-0.2, -0.15) is 0 Å². The Morgan fingerprint density at radius 3 is 2.95 bits per heavy atom. The van der Waals surface area contributed by atoms with Gasteiger partial charge < -0.3 is 19.7 Å². The molecule has 6 heteroatoms. The number of hydrogen-bond donors (Lipinski definition) is 2. The fourth-order valence-electron chi connectivity index (χ4n) is 2.11. The topological polar surface area (TPSA) is 59.3 Å². The van der Waals surface area contributed by atoms with Crippen LogP contribution in [-0.2, 0) is 13.1 Å². The van der Waals surface area contributed by atoms with Gasteiger partial charge in [0, 0.05) is 42.1 Å². The van der Waals surface area contributed by atoms with Gasteiger partial charge in [0.1, 0.15) is 0 Å². The Hall–Kier alpha value is -1.72. The van der Waals surface area contributed by atoms with E-state index in [1.54, 1.807) is 18.3 Å². The van der Waals surface area contributed by atoms with E-state index in [1.807, 2.05) is 12.5 Å². The molecule has 0 aliphatic rings. The highest BCUT2D eigenvalue weighted by Crippen LogP contribution is 2.33. The quantitative estimate of drug-likeness (QED) is 0.736. The summed E-state index contributed by atoms with van der Waals surface area (Å²) in [6.45, 7) is 2.41. The van der Waals surface area contributed by atoms with E-state index in [0.29, 0.717) is 17.3 Å². The van der Waals surface area contributed by atoms with Crippen molar-refractivity contribution in [3.05, 3.63) is 41.4 Å². The van der Waals surface area contributed by atoms with E-state index >= 15 is 0 Å². The van der Waals surface area contributed by atoms with Crippen molar-refractivity contribution in [3.63, 3.8) is 0 Å². The van der Waals surface area contributed by atoms with Crippen molar-refractivity contribution in [1.29, 1.82) is 0 Å². The molecule has 1 aromatic heterocycles. The number of methoxy groups -OCH3 is 1. The Bertz CT molecular complexity index is 558. The summed E-state index contributed by atoms with van der Waals surface area (Å²) in [4.78, 5) is 4.01. The molecule has 0 spiro atoms. The van der Waals surface area contributed by atoms with Crippen molar-refractivity contribution in [3.8, 4) is 11.5 Å². The number of phenolic OH excluding ortho intramolecular Hbond substituents is 1. The van der Waals surface area contributed by atoms with Gasteiger partial charge >= 0.3 is 0 Å². The molecule has 2 N–H and O–H groups in total. The smallest absolute Gasteiger partial charge is 0.162 e. The van der Waals surface area contributed by atoms with Gasteiger partial charge in [0.25, 0.3) is 0 Å². The van der Waals surface area contributed by atoms with Gasteiger partial charge in [-0.3, -0.25) is 0 Å². The third-order valence-corrected chi connectivity index (χ3v) is 3.45. The number of phenols is 1. The Balaban J connectivity index is 1.72. The van der Waals surface area contributed by atoms with E-state index in [4.69, 9.17) is 16.3 Å². The summed E-state index contributed by atoms with van der Waals surface area (Å²) in [6.07, 6.45) is 7.70. The number of rotatable bonds is 8. The van der Waals surface area contributed by atoms with Crippen molar-refractivity contribution < 1.29 is 9.84 Å². The van der Waals surface area contributed by atoms with Crippen molar-refractivity contribution in [2.45, 2.75) is 25.9 Å². The highest BCUT2D eigenvalue weighted by atomic mass is 35.5. The van der Waals surface area contributed by atoms with Gasteiger partial charge in [-0.05, 0) is 25.5 Å². The van der Waals surface area contributed by atoms with Crippen LogP contribution < -0.4 is 10.1 Å². The molecule has 0 unspecified atom stereocenters. The van der Waals surface area contributed by atoms with Crippen molar-refractivity contribution >= 4 is 11.6 Å². The third-order valence-electron chi connectivity index (χ3n) is 3.23. The SMILES string of the molecule is COc1cc(Cl)cc(CNCCCCn2ccnc2)c1O. The van der Waals surface area contributed by atoms with Gasteiger partial charge in [0.15, 0.2) is 11.5 Å². The molecular weight excluding hydrogens is 290 g/mol. The number of aromatic nitrogens is 2. The number of nitrogens with one attached hydrogen (secondary N) is 1. The standard InChI is InChI=1S/C15H20ClN3O2/c1-21-14-9-13(16)8-12(15(14)20)10-17-4-2-3-6-19-7-5-18-11-19/h5,7-9,11,17,20H,2-4,6,10H2,1H3. The van der Waals surface area contributed by atoms with Gasteiger partial charge in [0.2, 0.25) is 0 Å². The van der Waals surface area contributed by atoms with E-state index in [-0.39, 0.29) is 5.75 Å². The number of benzene rings is 1. The molecule has 2 aromatic rings. The number of nitrogens with zero attached hydrogens (tertiary/aromatic N) is 2. The van der Waals surface area contributed by atoms with Crippen LogP contribution in [0.25, 0.3) is 0 Å². The predicted molar refractivity (Wildman–Crippen MR) is 82.8 cm³/mol. The lowest BCUT2D eigenvalue weighted by atomic mass is 10.2. The average Bonchev–Trinajstić information content (AvgIpc) is 2.99. The molecule has 0 atom stereocenters. The largest absolute Gasteiger partial charge is 0.504 e. The van der Waals surface area contributed by atoms with Crippen LogP contribution in [-0.4, -0.2) is 28.3 Å². The van der Waals surface area contributed by atoms with E-state index in [1.165, 1.54) is 7.11 Å². The zero-order valence-electron chi connectivity index (χ0n) is 12.1. The van der Waals surface area contributed by atoms with Crippen molar-refractivity contribution in [1.82, 2.24) is 14.9 Å². The molecule has 21 heavy (non-hydrogen) atoms. The zero-order chi connectivity index (χ0) is 15.1. The van der Waals surface area contributed by atoms with Crippen LogP contribution in [0, 0.1) is 0 Å². The third kappa shape index (κ3) is 4.65. The summed E-state index contributed by atoms with van der Waals surface area (Å²) in [5.74, 6) is 0.548. The molecule has 0 fully saturated rings. The molecule has 5 nitrogen and oxygen atoms in total. The summed E-state index contributed by atoms with van der Waals surface area (Å²) in [6, 6.07) is 3.35. The first-order chi connectivity index (χ1) is 10.2. The maximum absolute atomic E-state index is 10.0. The van der Waals surface area contributed by atoms with E-state index in [2.05, 4.69) is 14.9 Å². The molecule has 0 aliphatic carbocycles. The molecule has 0 bridgehead atoms. The second-order valence-corrected chi connectivity index (χ2v) is 5.24. The molecule has 1 heterocycles. The molecule has 114 valence electrons. The number of ether oxygens (including phenoxy) is 1. The lowest BCUT2D eigenvalue weighted by Gasteiger charge is -2.11. The monoisotopic (exact) mass is 309 g/mol. The van der Waals surface area contributed by atoms with Crippen LogP contribution in [0.1, 0.15) is 18.4 Å². The molecule has 2 rings (SSSR count). The fraction of sp³-hybridized carbons (Fsp3) is 0.400. The van der Waals surface area contributed by atoms with E-state index in [0.717, 1.165) is 31.5 Å². The highest BCUT2D eigenvalue weighted by molar-refractivity contribution is 6.30. The number of aromatic hydroxyl groups is 1. The number of aryl methyl sites for hydroxylation is 1. The first kappa shape index (κ1) is 15.7. The molecule has 1 aromatic carbocycles. The van der Waals surface area contributed by atoms with Gasteiger partial charge in [-0.25, -0.2) is 4.98 Å². The minimum Gasteiger partial charge on any atom is -0.504 e. The maximum atomic E-state index is 10.0. The Labute approximate surface area is 129 Å². The van der Waals surface area contributed by atoms with Gasteiger partial charge in [0.05, 0.1) is 13.4 Å². The molecule has 0 saturated heterocycles. The molecule has 0 amide bonds. The van der Waals surface area contributed by atoms with E-state index in [9.17, 15) is 5.11 Å². The van der Waals surface area contributed by atoms with Crippen LogP contribution in [0.4, 0.5) is 0 Å². The highest BCUT2D eigenvalue weighted by Gasteiger charge is 2.09. The van der Waals surface area contributed by atoms with Crippen LogP contribution in [0.15, 0.2) is 30.9 Å². The Morgan fingerprint density at radius 2 is 2.24 bits per heavy atom. The Morgan fingerprint density at radius 1 is 1.38 bits per heavy atom. The summed E-state index contributed by atoms with van der Waals surface area (Å²) in [5.41, 5.74) is 0.744. The van der Waals surface area contributed by atoms with E-state index < -0.39 is 0 Å². The number of imidazole rings is 1. The minimum absolute atomic E-state index is 0.146. The van der Waals surface area contributed by atoms with Gasteiger partial charge in [-0.1, -0.05) is 11.6 Å². The van der Waals surface area contributed by atoms with Crippen LogP contribution >= 0.6 is 11.6 Å². The second kappa shape index (κ2) is 7.90. The molecule has 0 aliphatic heterocycles. The lowest BCUT2D eigenvalue weighted by Crippen LogP contribution is -2.15. The van der Waals surface area contributed by atoms with Crippen LogP contribution in [0.3, 0.4) is 0 Å². The van der Waals surface area contributed by atoms with Crippen LogP contribution in [0.2, 0.25) is 5.02 Å². The summed E-state index contributed by atoms with van der Waals surface area (Å²) >= 11 is 5.99. The number of halogens is 1.